The van der Waals surface area contributed by atoms with Gasteiger partial charge >= 0.3 is 0 Å². The molecule has 2 aromatic rings. The molecule has 3 N–H and O–H groups in total. The lowest BCUT2D eigenvalue weighted by Gasteiger charge is -2.59. The van der Waals surface area contributed by atoms with Gasteiger partial charge in [-0.2, -0.15) is 0 Å². The average Bonchev–Trinajstić information content (AvgIpc) is 3.43. The van der Waals surface area contributed by atoms with Gasteiger partial charge in [-0.05, 0) is 80.0 Å². The minimum Gasteiger partial charge on any atom is -0.352 e. The molecule has 44 heavy (non-hydrogen) atoms. The third-order valence-corrected chi connectivity index (χ3v) is 10.8. The number of carbonyl (C=O) groups is 3. The highest BCUT2D eigenvalue weighted by molar-refractivity contribution is 6.31. The largest absolute Gasteiger partial charge is 0.352 e. The summed E-state index contributed by atoms with van der Waals surface area (Å²) in [4.78, 5) is 42.7. The number of nitrogens with one attached hydrogen (secondary N) is 3. The first-order valence-electron chi connectivity index (χ1n) is 14.9. The third-order valence-electron chi connectivity index (χ3n) is 10.3. The van der Waals surface area contributed by atoms with Crippen molar-refractivity contribution in [3.8, 4) is 0 Å². The number of rotatable bonds is 6. The van der Waals surface area contributed by atoms with Gasteiger partial charge < -0.3 is 15.5 Å². The molecule has 3 fully saturated rings. The van der Waals surface area contributed by atoms with Crippen molar-refractivity contribution in [1.82, 2.24) is 15.5 Å². The predicted molar refractivity (Wildman–Crippen MR) is 162 cm³/mol. The van der Waals surface area contributed by atoms with E-state index in [2.05, 4.69) is 16.0 Å². The fourth-order valence-corrected chi connectivity index (χ4v) is 8.92. The van der Waals surface area contributed by atoms with Crippen molar-refractivity contribution in [3.05, 3.63) is 63.4 Å². The monoisotopic (exact) mass is 650 g/mol. The Kier molecular flexibility index (Phi) is 7.94. The topological polar surface area (TPSA) is 90.5 Å². The van der Waals surface area contributed by atoms with Crippen LogP contribution < -0.4 is 16.0 Å². The summed E-state index contributed by atoms with van der Waals surface area (Å²) in [6, 6.07) is 7.57. The van der Waals surface area contributed by atoms with Gasteiger partial charge in [-0.1, -0.05) is 29.3 Å². The molecule has 0 radical (unpaired) electrons. The van der Waals surface area contributed by atoms with E-state index < -0.39 is 59.3 Å². The Hall–Kier alpha value is -2.82. The molecule has 2 aliphatic heterocycles. The van der Waals surface area contributed by atoms with Crippen LogP contribution in [0.25, 0.3) is 0 Å². The fraction of sp³-hybridized carbons (Fsp3) is 0.531. The normalized spacial score (nSPS) is 29.7. The average molecular weight is 652 g/mol. The maximum Gasteiger partial charge on any atom is 0.238 e. The molecular formula is C32H35Cl2F3N4O3. The lowest BCUT2D eigenvalue weighted by molar-refractivity contribution is -0.134. The fourth-order valence-electron chi connectivity index (χ4n) is 8.52. The summed E-state index contributed by atoms with van der Waals surface area (Å²) in [6.07, 6.45) is 2.30. The van der Waals surface area contributed by atoms with Crippen molar-refractivity contribution in [2.24, 2.45) is 11.3 Å². The SMILES string of the molecule is CN(C)C(=O)C1CCC(NC(=O)[C@@H]2NC3(CC(CF)(CF)C3)[C@@]3(C(=O)Nc4cc(Cl)ccc43)[C@H]2c2cc(F)cc(Cl)c2)CC1. The van der Waals surface area contributed by atoms with Crippen molar-refractivity contribution >= 4 is 46.6 Å². The van der Waals surface area contributed by atoms with Crippen LogP contribution in [0.1, 0.15) is 55.6 Å². The van der Waals surface area contributed by atoms with Gasteiger partial charge in [-0.15, -0.1) is 0 Å². The number of amides is 3. The number of carbonyl (C=O) groups excluding carboxylic acids is 3. The summed E-state index contributed by atoms with van der Waals surface area (Å²) in [6.45, 7) is -1.86. The molecule has 3 atom stereocenters. The highest BCUT2D eigenvalue weighted by atomic mass is 35.5. The number of anilines is 1. The third kappa shape index (κ3) is 4.70. The second-order valence-electron chi connectivity index (χ2n) is 13.2. The Labute approximate surface area is 264 Å². The lowest BCUT2D eigenvalue weighted by atomic mass is 9.46. The molecule has 6 rings (SSSR count). The first-order valence-corrected chi connectivity index (χ1v) is 15.6. The molecular weight excluding hydrogens is 616 g/mol. The molecule has 1 saturated heterocycles. The molecule has 3 amide bonds. The van der Waals surface area contributed by atoms with Crippen molar-refractivity contribution in [1.29, 1.82) is 0 Å². The Bertz CT molecular complexity index is 1480. The smallest absolute Gasteiger partial charge is 0.238 e. The van der Waals surface area contributed by atoms with Crippen molar-refractivity contribution in [2.45, 2.75) is 67.5 Å². The van der Waals surface area contributed by atoms with E-state index in [1.807, 2.05) is 0 Å². The van der Waals surface area contributed by atoms with E-state index in [1.54, 1.807) is 37.2 Å². The molecule has 0 unspecified atom stereocenters. The summed E-state index contributed by atoms with van der Waals surface area (Å²) < 4.78 is 43.6. The Balaban J connectivity index is 1.43. The van der Waals surface area contributed by atoms with Gasteiger partial charge in [0, 0.05) is 58.7 Å². The van der Waals surface area contributed by atoms with Crippen LogP contribution in [0.4, 0.5) is 18.9 Å². The van der Waals surface area contributed by atoms with Crippen molar-refractivity contribution < 1.29 is 27.6 Å². The Morgan fingerprint density at radius 2 is 1.68 bits per heavy atom. The standard InChI is InChI=1S/C32H35Cl2F3N4O3/c1-41(2)28(43)17-3-6-22(7-4-17)38-27(42)26-25(18-9-20(34)11-21(37)10-18)32(31(40-26)13-30(14-31,15-35)16-36)23-8-5-19(33)12-24(23)39-29(32)44/h5,8-12,17,22,25-26,40H,3-4,6-7,13-16H2,1-2H3,(H,38,42)(H,39,44)/t17?,22?,25-,26+,32+/m0/s1. The first-order chi connectivity index (χ1) is 20.9. The van der Waals surface area contributed by atoms with Gasteiger partial charge in [0.2, 0.25) is 17.7 Å². The number of halogens is 5. The lowest BCUT2D eigenvalue weighted by Crippen LogP contribution is -2.70. The zero-order valence-electron chi connectivity index (χ0n) is 24.5. The number of hydrogen-bond donors (Lipinski definition) is 3. The van der Waals surface area contributed by atoms with Crippen LogP contribution in [0.15, 0.2) is 36.4 Å². The highest BCUT2D eigenvalue weighted by Crippen LogP contribution is 2.68. The second kappa shape index (κ2) is 11.2. The van der Waals surface area contributed by atoms with Gasteiger partial charge in [0.05, 0.1) is 19.4 Å². The summed E-state index contributed by atoms with van der Waals surface area (Å²) in [5.74, 6) is -2.57. The number of hydrogen-bond acceptors (Lipinski definition) is 4. The zero-order valence-corrected chi connectivity index (χ0v) is 26.0. The number of alkyl halides is 2. The summed E-state index contributed by atoms with van der Waals surface area (Å²) in [5, 5.41) is 9.88. The molecule has 0 aromatic heterocycles. The van der Waals surface area contributed by atoms with Crippen molar-refractivity contribution in [3.63, 3.8) is 0 Å². The molecule has 236 valence electrons. The second-order valence-corrected chi connectivity index (χ2v) is 14.1. The highest BCUT2D eigenvalue weighted by Gasteiger charge is 2.77. The molecule has 2 saturated carbocycles. The molecule has 0 bridgehead atoms. The molecule has 12 heteroatoms. The summed E-state index contributed by atoms with van der Waals surface area (Å²) in [7, 11) is 3.44. The van der Waals surface area contributed by atoms with Crippen LogP contribution in [-0.4, -0.2) is 67.7 Å². The van der Waals surface area contributed by atoms with Crippen molar-refractivity contribution in [2.75, 3.05) is 32.8 Å². The van der Waals surface area contributed by atoms with Gasteiger partial charge in [-0.25, -0.2) is 4.39 Å². The molecule has 4 aliphatic rings. The van der Waals surface area contributed by atoms with Gasteiger partial charge in [0.25, 0.3) is 0 Å². The van der Waals surface area contributed by atoms with Crippen LogP contribution in [0.3, 0.4) is 0 Å². The predicted octanol–water partition coefficient (Wildman–Crippen LogP) is 5.30. The number of benzene rings is 2. The zero-order chi connectivity index (χ0) is 31.6. The van der Waals surface area contributed by atoms with E-state index in [0.29, 0.717) is 47.5 Å². The van der Waals surface area contributed by atoms with Crippen LogP contribution in [0, 0.1) is 17.2 Å². The van der Waals surface area contributed by atoms with E-state index in [4.69, 9.17) is 23.2 Å². The maximum absolute atomic E-state index is 14.9. The minimum absolute atomic E-state index is 0.0520. The minimum atomic E-state index is -1.53. The van der Waals surface area contributed by atoms with E-state index in [9.17, 15) is 27.6 Å². The molecule has 2 aliphatic carbocycles. The van der Waals surface area contributed by atoms with Gasteiger partial charge in [-0.3, -0.25) is 28.5 Å². The Morgan fingerprint density at radius 1 is 1.00 bits per heavy atom. The Morgan fingerprint density at radius 3 is 2.30 bits per heavy atom. The van der Waals surface area contributed by atoms with Gasteiger partial charge in [0.1, 0.15) is 11.2 Å². The summed E-state index contributed by atoms with van der Waals surface area (Å²) >= 11 is 12.6. The molecule has 7 nitrogen and oxygen atoms in total. The quantitative estimate of drug-likeness (QED) is 0.396. The summed E-state index contributed by atoms with van der Waals surface area (Å²) in [5.41, 5.74) is -2.81. The van der Waals surface area contributed by atoms with E-state index in [1.165, 1.54) is 12.1 Å². The molecule has 2 heterocycles. The first kappa shape index (κ1) is 31.2. The maximum atomic E-state index is 14.9. The van der Waals surface area contributed by atoms with Gasteiger partial charge in [0.15, 0.2) is 0 Å². The molecule has 2 spiro atoms. The van der Waals surface area contributed by atoms with Crippen LogP contribution in [0.2, 0.25) is 10.0 Å². The van der Waals surface area contributed by atoms with E-state index >= 15 is 0 Å². The number of nitrogens with zero attached hydrogens (tertiary/aromatic N) is 1. The van der Waals surface area contributed by atoms with E-state index in [0.717, 1.165) is 6.07 Å². The van der Waals surface area contributed by atoms with Crippen LogP contribution >= 0.6 is 23.2 Å². The number of fused-ring (bicyclic) bond motifs is 3. The van der Waals surface area contributed by atoms with E-state index in [-0.39, 0.29) is 35.7 Å². The molecule has 2 aromatic carbocycles. The van der Waals surface area contributed by atoms with Crippen LogP contribution in [0.5, 0.6) is 0 Å². The van der Waals surface area contributed by atoms with Crippen LogP contribution in [-0.2, 0) is 19.8 Å².